The predicted octanol–water partition coefficient (Wildman–Crippen LogP) is 2.45. The molecule has 3 aromatic rings. The van der Waals surface area contributed by atoms with E-state index in [0.717, 1.165) is 4.90 Å². The second kappa shape index (κ2) is 6.31. The number of carbonyl (C=O) groups excluding carboxylic acids is 2. The van der Waals surface area contributed by atoms with Gasteiger partial charge in [0, 0.05) is 12.5 Å². The van der Waals surface area contributed by atoms with Crippen molar-refractivity contribution in [3.05, 3.63) is 82.9 Å². The number of hydrogen-bond donors (Lipinski definition) is 1. The lowest BCUT2D eigenvalue weighted by atomic mass is 9.69. The molecular weight excluding hydrogens is 394 g/mol. The molecule has 2 N–H and O–H groups in total. The first-order valence-corrected chi connectivity index (χ1v) is 9.61. The van der Waals surface area contributed by atoms with Crippen molar-refractivity contribution in [3.63, 3.8) is 0 Å². The second-order valence-corrected chi connectivity index (χ2v) is 7.39. The molecule has 0 saturated heterocycles. The fraction of sp³-hybridized carbons (Fsp3) is 0.130. The topological polar surface area (TPSA) is 114 Å². The number of anilines is 1. The Hall–Kier alpha value is -4.38. The molecule has 1 atom stereocenters. The monoisotopic (exact) mass is 411 g/mol. The Morgan fingerprint density at radius 2 is 1.84 bits per heavy atom. The maximum Gasteiger partial charge on any atom is 0.254 e. The van der Waals surface area contributed by atoms with Gasteiger partial charge in [-0.3, -0.25) is 9.59 Å². The molecule has 31 heavy (non-hydrogen) atoms. The van der Waals surface area contributed by atoms with Crippen LogP contribution in [0.15, 0.2) is 66.1 Å². The Bertz CT molecular complexity index is 1350. The van der Waals surface area contributed by atoms with E-state index in [0.29, 0.717) is 28.2 Å². The van der Waals surface area contributed by atoms with E-state index in [9.17, 15) is 14.9 Å². The summed E-state index contributed by atoms with van der Waals surface area (Å²) in [5.41, 5.74) is 7.03. The number of nitrogens with zero attached hydrogens (tertiary/aromatic N) is 4. The number of para-hydroxylation sites is 2. The average molecular weight is 411 g/mol. The molecule has 0 radical (unpaired) electrons. The lowest BCUT2D eigenvalue weighted by Gasteiger charge is -2.32. The smallest absolute Gasteiger partial charge is 0.254 e. The van der Waals surface area contributed by atoms with Crippen molar-refractivity contribution in [2.24, 2.45) is 5.73 Å². The quantitative estimate of drug-likeness (QED) is 0.658. The van der Waals surface area contributed by atoms with E-state index in [4.69, 9.17) is 10.5 Å². The van der Waals surface area contributed by atoms with Crippen LogP contribution in [0.2, 0.25) is 0 Å². The molecule has 0 fully saturated rings. The minimum Gasteiger partial charge on any atom is -0.422 e. The zero-order valence-electron chi connectivity index (χ0n) is 16.8. The third kappa shape index (κ3) is 2.20. The van der Waals surface area contributed by atoms with Gasteiger partial charge < -0.3 is 10.5 Å². The summed E-state index contributed by atoms with van der Waals surface area (Å²) in [5, 5.41) is 14.7. The van der Waals surface area contributed by atoms with Gasteiger partial charge in [0.15, 0.2) is 0 Å². The van der Waals surface area contributed by atoms with Gasteiger partial charge in [0.1, 0.15) is 17.1 Å². The summed E-state index contributed by atoms with van der Waals surface area (Å²) >= 11 is 0. The molecule has 8 heteroatoms. The number of benzene rings is 2. The molecule has 8 nitrogen and oxygen atoms in total. The minimum atomic E-state index is -1.62. The zero-order chi connectivity index (χ0) is 21.9. The van der Waals surface area contributed by atoms with E-state index < -0.39 is 17.2 Å². The van der Waals surface area contributed by atoms with Crippen LogP contribution in [0, 0.1) is 18.3 Å². The highest BCUT2D eigenvalue weighted by Crippen LogP contribution is 2.56. The van der Waals surface area contributed by atoms with Crippen molar-refractivity contribution in [2.75, 3.05) is 4.90 Å². The van der Waals surface area contributed by atoms with Crippen molar-refractivity contribution < 1.29 is 14.3 Å². The van der Waals surface area contributed by atoms with Crippen LogP contribution in [0.1, 0.15) is 23.7 Å². The van der Waals surface area contributed by atoms with Crippen LogP contribution in [0.3, 0.4) is 0 Å². The van der Waals surface area contributed by atoms with Crippen molar-refractivity contribution in [1.82, 2.24) is 9.78 Å². The fourth-order valence-corrected chi connectivity index (χ4v) is 4.55. The molecule has 152 valence electrons. The number of aromatic nitrogens is 2. The molecule has 2 aliphatic heterocycles. The lowest BCUT2D eigenvalue weighted by Crippen LogP contribution is -2.47. The molecule has 3 heterocycles. The van der Waals surface area contributed by atoms with Gasteiger partial charge in [0.25, 0.3) is 5.91 Å². The largest absolute Gasteiger partial charge is 0.422 e. The molecule has 2 aromatic carbocycles. The highest BCUT2D eigenvalue weighted by molar-refractivity contribution is 6.25. The van der Waals surface area contributed by atoms with Gasteiger partial charge in [-0.2, -0.15) is 10.4 Å². The number of hydrogen-bond acceptors (Lipinski definition) is 6. The number of amides is 2. The molecule has 0 saturated carbocycles. The standard InChI is InChI=1S/C23H17N5O3/c1-13-19-21(28(26-13)15-8-4-3-5-9-15)31-20(25)17(12-24)23(19)16-10-6-7-11-18(16)27(14(2)29)22(23)30/h3-11H,25H2,1-2H3/t23-/m1/s1. The molecule has 0 unspecified atom stereocenters. The normalized spacial score (nSPS) is 19.1. The lowest BCUT2D eigenvalue weighted by molar-refractivity contribution is -0.126. The summed E-state index contributed by atoms with van der Waals surface area (Å²) in [4.78, 5) is 27.5. The van der Waals surface area contributed by atoms with Gasteiger partial charge in [0.05, 0.1) is 22.6 Å². The third-order valence-electron chi connectivity index (χ3n) is 5.72. The molecule has 0 bridgehead atoms. The van der Waals surface area contributed by atoms with E-state index in [1.807, 2.05) is 30.3 Å². The highest BCUT2D eigenvalue weighted by Gasteiger charge is 2.61. The van der Waals surface area contributed by atoms with Crippen molar-refractivity contribution in [1.29, 1.82) is 5.26 Å². The van der Waals surface area contributed by atoms with Crippen LogP contribution in [-0.2, 0) is 15.0 Å². The van der Waals surface area contributed by atoms with Crippen LogP contribution in [0.5, 0.6) is 5.88 Å². The molecule has 2 amide bonds. The average Bonchev–Trinajstić information content (AvgIpc) is 3.22. The molecule has 5 rings (SSSR count). The number of ether oxygens (including phenoxy) is 1. The summed E-state index contributed by atoms with van der Waals surface area (Å²) in [7, 11) is 0. The first-order chi connectivity index (χ1) is 14.9. The maximum atomic E-state index is 13.9. The summed E-state index contributed by atoms with van der Waals surface area (Å²) in [6.07, 6.45) is 0. The first kappa shape index (κ1) is 18.6. The number of aryl methyl sites for hydroxylation is 1. The molecule has 2 aliphatic rings. The molecule has 0 aliphatic carbocycles. The molecule has 1 spiro atoms. The van der Waals surface area contributed by atoms with Crippen LogP contribution >= 0.6 is 0 Å². The first-order valence-electron chi connectivity index (χ1n) is 9.61. The van der Waals surface area contributed by atoms with E-state index >= 15 is 0 Å². The number of rotatable bonds is 1. The Morgan fingerprint density at radius 1 is 1.16 bits per heavy atom. The Morgan fingerprint density at radius 3 is 2.52 bits per heavy atom. The van der Waals surface area contributed by atoms with Gasteiger partial charge in [-0.1, -0.05) is 36.4 Å². The van der Waals surface area contributed by atoms with E-state index in [-0.39, 0.29) is 17.3 Å². The predicted molar refractivity (Wildman–Crippen MR) is 111 cm³/mol. The summed E-state index contributed by atoms with van der Waals surface area (Å²) in [6.45, 7) is 3.06. The zero-order valence-corrected chi connectivity index (χ0v) is 16.8. The number of nitrogens with two attached hydrogens (primary N) is 1. The van der Waals surface area contributed by atoms with E-state index in [1.54, 1.807) is 35.9 Å². The van der Waals surface area contributed by atoms with Gasteiger partial charge in [-0.05, 0) is 25.1 Å². The van der Waals surface area contributed by atoms with Crippen molar-refractivity contribution in [3.8, 4) is 17.6 Å². The van der Waals surface area contributed by atoms with Gasteiger partial charge in [-0.25, -0.2) is 9.58 Å². The van der Waals surface area contributed by atoms with E-state index in [1.165, 1.54) is 6.92 Å². The highest BCUT2D eigenvalue weighted by atomic mass is 16.5. The second-order valence-electron chi connectivity index (χ2n) is 7.39. The van der Waals surface area contributed by atoms with Crippen LogP contribution in [0.25, 0.3) is 5.69 Å². The van der Waals surface area contributed by atoms with Gasteiger partial charge >= 0.3 is 0 Å². The SMILES string of the molecule is CC(=O)N1C(=O)[C@@]2(C(C#N)=C(N)Oc3c2c(C)nn3-c2ccccc2)c2ccccc21. The summed E-state index contributed by atoms with van der Waals surface area (Å²) in [6, 6.07) is 18.2. The Balaban J connectivity index is 1.92. The number of nitriles is 1. The summed E-state index contributed by atoms with van der Waals surface area (Å²) < 4.78 is 7.42. The van der Waals surface area contributed by atoms with Crippen LogP contribution in [0.4, 0.5) is 5.69 Å². The molecule has 1 aromatic heterocycles. The number of fused-ring (bicyclic) bond motifs is 4. The van der Waals surface area contributed by atoms with E-state index in [2.05, 4.69) is 11.2 Å². The number of carbonyl (C=O) groups is 2. The Labute approximate surface area is 177 Å². The maximum absolute atomic E-state index is 13.9. The van der Waals surface area contributed by atoms with Gasteiger partial charge in [0.2, 0.25) is 17.7 Å². The van der Waals surface area contributed by atoms with Gasteiger partial charge in [-0.15, -0.1) is 0 Å². The van der Waals surface area contributed by atoms with Crippen LogP contribution < -0.4 is 15.4 Å². The van der Waals surface area contributed by atoms with Crippen LogP contribution in [-0.4, -0.2) is 21.6 Å². The molecular formula is C23H17N5O3. The minimum absolute atomic E-state index is 0.0584. The Kier molecular flexibility index (Phi) is 3.79. The fourth-order valence-electron chi connectivity index (χ4n) is 4.55. The summed E-state index contributed by atoms with van der Waals surface area (Å²) in [5.74, 6) is -0.971. The third-order valence-corrected chi connectivity index (χ3v) is 5.72. The number of imide groups is 1. The van der Waals surface area contributed by atoms with Crippen molar-refractivity contribution in [2.45, 2.75) is 19.3 Å². The van der Waals surface area contributed by atoms with Crippen molar-refractivity contribution >= 4 is 17.5 Å².